The molecule has 0 saturated carbocycles. The van der Waals surface area contributed by atoms with Crippen LogP contribution in [-0.4, -0.2) is 11.4 Å². The summed E-state index contributed by atoms with van der Waals surface area (Å²) in [5, 5.41) is 0. The van der Waals surface area contributed by atoms with Gasteiger partial charge in [0.05, 0.1) is 17.1 Å². The molecule has 2 rings (SSSR count). The molecule has 264 valence electrons. The quantitative estimate of drug-likeness (QED) is 0.0398. The normalized spacial score (nSPS) is 11.7. The number of rotatable bonds is 26. The van der Waals surface area contributed by atoms with Crippen molar-refractivity contribution in [2.75, 3.05) is 0 Å². The molecule has 0 aliphatic carbocycles. The van der Waals surface area contributed by atoms with Gasteiger partial charge in [-0.25, -0.2) is 4.99 Å². The van der Waals surface area contributed by atoms with Gasteiger partial charge in [-0.2, -0.15) is 0 Å². The minimum Gasteiger partial charge on any atom is -0.251 e. The second kappa shape index (κ2) is 30.1. The van der Waals surface area contributed by atoms with Crippen molar-refractivity contribution < 1.29 is 20.4 Å². The van der Waals surface area contributed by atoms with Crippen LogP contribution in [0.25, 0.3) is 0 Å². The minimum atomic E-state index is 0. The van der Waals surface area contributed by atoms with Gasteiger partial charge in [-0.05, 0) is 74.4 Å². The van der Waals surface area contributed by atoms with Crippen LogP contribution < -0.4 is 0 Å². The van der Waals surface area contributed by atoms with Crippen LogP contribution in [0.4, 0.5) is 11.4 Å². The summed E-state index contributed by atoms with van der Waals surface area (Å²) in [4.78, 5) is 10.1. The molecule has 0 heterocycles. The maximum atomic E-state index is 5.05. The molecule has 2 nitrogen and oxygen atoms in total. The Morgan fingerprint density at radius 1 is 0.511 bits per heavy atom. The number of unbranched alkanes of at least 4 members (excludes halogenated alkanes) is 21. The van der Waals surface area contributed by atoms with Gasteiger partial charge in [0.1, 0.15) is 5.71 Å². The first kappa shape index (κ1) is 43.0. The molecule has 0 amide bonds. The van der Waals surface area contributed by atoms with E-state index in [1.165, 1.54) is 140 Å². The van der Waals surface area contributed by atoms with E-state index < -0.39 is 0 Å². The molecule has 3 heteroatoms. The van der Waals surface area contributed by atoms with E-state index in [9.17, 15) is 0 Å². The maximum Gasteiger partial charge on any atom is 0.135 e. The van der Waals surface area contributed by atoms with Crippen LogP contribution in [0, 0.1) is 25.7 Å². The Labute approximate surface area is 305 Å². The third-order valence-corrected chi connectivity index (χ3v) is 9.15. The van der Waals surface area contributed by atoms with Gasteiger partial charge in [0.25, 0.3) is 0 Å². The summed E-state index contributed by atoms with van der Waals surface area (Å²) in [7, 11) is 0. The van der Waals surface area contributed by atoms with Crippen molar-refractivity contribution in [1.29, 1.82) is 0 Å². The molecule has 0 bridgehead atoms. The average Bonchev–Trinajstić information content (AvgIpc) is 3.07. The number of para-hydroxylation sites is 1. The van der Waals surface area contributed by atoms with Crippen LogP contribution in [0.2, 0.25) is 0 Å². The summed E-state index contributed by atoms with van der Waals surface area (Å²) < 4.78 is 0. The molecule has 0 aliphatic heterocycles. The van der Waals surface area contributed by atoms with Crippen LogP contribution in [0.1, 0.15) is 179 Å². The second-order valence-corrected chi connectivity index (χ2v) is 13.5. The van der Waals surface area contributed by atoms with E-state index in [0.717, 1.165) is 48.5 Å². The van der Waals surface area contributed by atoms with Crippen LogP contribution in [0.5, 0.6) is 0 Å². The third kappa shape index (κ3) is 22.3. The molecule has 2 aromatic rings. The van der Waals surface area contributed by atoms with Crippen LogP contribution in [0.15, 0.2) is 58.5 Å². The number of benzene rings is 2. The molecule has 0 fully saturated rings. The van der Waals surface area contributed by atoms with Crippen molar-refractivity contribution in [1.82, 2.24) is 0 Å². The Balaban J connectivity index is 0.0000110. The fourth-order valence-corrected chi connectivity index (χ4v) is 5.93. The Morgan fingerprint density at radius 3 is 1.49 bits per heavy atom. The van der Waals surface area contributed by atoms with E-state index in [0.29, 0.717) is 0 Å². The molecule has 0 spiro atoms. The van der Waals surface area contributed by atoms with E-state index in [1.807, 2.05) is 18.2 Å². The fourth-order valence-electron chi connectivity index (χ4n) is 5.93. The average molecular weight is 731 g/mol. The second-order valence-electron chi connectivity index (χ2n) is 13.5. The molecule has 0 aliphatic rings. The summed E-state index contributed by atoms with van der Waals surface area (Å²) in [6.45, 7) is 8.82. The molecule has 0 N–H and O–H groups in total. The van der Waals surface area contributed by atoms with Gasteiger partial charge in [0, 0.05) is 26.8 Å². The van der Waals surface area contributed by atoms with Crippen molar-refractivity contribution in [3.63, 3.8) is 0 Å². The third-order valence-electron chi connectivity index (χ3n) is 9.15. The van der Waals surface area contributed by atoms with Crippen molar-refractivity contribution >= 4 is 22.8 Å². The molecular weight excluding hydrogens is 663 g/mol. The summed E-state index contributed by atoms with van der Waals surface area (Å²) in [5.41, 5.74) is 6.31. The zero-order valence-corrected chi connectivity index (χ0v) is 32.4. The topological polar surface area (TPSA) is 24.7 Å². The van der Waals surface area contributed by atoms with Gasteiger partial charge in [-0.3, -0.25) is 4.99 Å². The summed E-state index contributed by atoms with van der Waals surface area (Å²) in [5.74, 6) is 6.93. The molecule has 2 aromatic carbocycles. The standard InChI is InChI=1S/C44H68N2.Pd/c1-5-7-9-10-11-12-13-14-15-16-17-18-19-20-21-22-23-24-25-26-27-31-35-44(46-42-37-36-39(3)40(4)38-42)43(34-8-6-2)45-41-32-29-28-30-33-41;/h28-30,32-33,36-38H,5-27,34H2,1-4H3;. The first-order valence-electron chi connectivity index (χ1n) is 19.4. The zero-order valence-electron chi connectivity index (χ0n) is 30.8. The van der Waals surface area contributed by atoms with E-state index in [-0.39, 0.29) is 20.4 Å². The van der Waals surface area contributed by atoms with E-state index >= 15 is 0 Å². The summed E-state index contributed by atoms with van der Waals surface area (Å²) in [6.07, 6.45) is 32.2. The van der Waals surface area contributed by atoms with Gasteiger partial charge in [0.2, 0.25) is 0 Å². The number of aliphatic imine (C=N–C) groups is 2. The summed E-state index contributed by atoms with van der Waals surface area (Å²) in [6, 6.07) is 16.7. The summed E-state index contributed by atoms with van der Waals surface area (Å²) >= 11 is 0. The number of hydrogen-bond acceptors (Lipinski definition) is 2. The SMILES string of the molecule is CCCCCCCCCCCCCCCCCCCCCCC#CC(=Nc1ccc(C)c(C)c1)C(CCCC)=Nc1ccccc1.[Pd]. The van der Waals surface area contributed by atoms with Crippen LogP contribution in [-0.2, 0) is 20.4 Å². The Bertz CT molecular complexity index is 1150. The van der Waals surface area contributed by atoms with Gasteiger partial charge < -0.3 is 0 Å². The van der Waals surface area contributed by atoms with Crippen molar-refractivity contribution in [3.05, 3.63) is 59.7 Å². The molecular formula is C44H68N2Pd. The van der Waals surface area contributed by atoms with Crippen LogP contribution in [0.3, 0.4) is 0 Å². The predicted molar refractivity (Wildman–Crippen MR) is 206 cm³/mol. The van der Waals surface area contributed by atoms with Crippen LogP contribution >= 0.6 is 0 Å². The Hall–Kier alpha value is -2.00. The van der Waals surface area contributed by atoms with Gasteiger partial charge in [-0.1, -0.05) is 172 Å². The molecule has 0 unspecified atom stereocenters. The smallest absolute Gasteiger partial charge is 0.135 e. The number of hydrogen-bond donors (Lipinski definition) is 0. The maximum absolute atomic E-state index is 5.05. The van der Waals surface area contributed by atoms with Gasteiger partial charge >= 0.3 is 0 Å². The molecule has 0 radical (unpaired) electrons. The van der Waals surface area contributed by atoms with Gasteiger partial charge in [0.15, 0.2) is 0 Å². The first-order chi connectivity index (χ1) is 22.6. The predicted octanol–water partition coefficient (Wildman–Crippen LogP) is 14.6. The molecule has 0 saturated heterocycles. The fraction of sp³-hybridized carbons (Fsp3) is 0.636. The monoisotopic (exact) mass is 730 g/mol. The zero-order chi connectivity index (χ0) is 32.9. The van der Waals surface area contributed by atoms with Crippen molar-refractivity contribution in [2.24, 2.45) is 9.98 Å². The minimum absolute atomic E-state index is 0. The molecule has 0 aromatic heterocycles. The Morgan fingerprint density at radius 2 is 1.00 bits per heavy atom. The largest absolute Gasteiger partial charge is 0.251 e. The number of nitrogens with zero attached hydrogens (tertiary/aromatic N) is 2. The van der Waals surface area contributed by atoms with Gasteiger partial charge in [-0.15, -0.1) is 0 Å². The first-order valence-corrected chi connectivity index (χ1v) is 19.4. The van der Waals surface area contributed by atoms with E-state index in [2.05, 4.69) is 69.9 Å². The van der Waals surface area contributed by atoms with E-state index in [4.69, 9.17) is 9.98 Å². The number of aryl methyl sites for hydroxylation is 2. The van der Waals surface area contributed by atoms with Crippen molar-refractivity contribution in [2.45, 2.75) is 182 Å². The van der Waals surface area contributed by atoms with E-state index in [1.54, 1.807) is 0 Å². The Kier molecular flexibility index (Phi) is 27.5. The van der Waals surface area contributed by atoms with Crippen molar-refractivity contribution in [3.8, 4) is 11.8 Å². The molecule has 47 heavy (non-hydrogen) atoms. The molecule has 0 atom stereocenters.